The van der Waals surface area contributed by atoms with Crippen LogP contribution in [0.1, 0.15) is 30.5 Å². The van der Waals surface area contributed by atoms with Gasteiger partial charge in [0.15, 0.2) is 0 Å². The van der Waals surface area contributed by atoms with Crippen molar-refractivity contribution >= 4 is 11.6 Å². The average Bonchev–Trinajstić information content (AvgIpc) is 2.63. The minimum absolute atomic E-state index is 0.462. The van der Waals surface area contributed by atoms with Crippen LogP contribution in [0, 0.1) is 11.3 Å². The molecule has 0 aliphatic rings. The quantitative estimate of drug-likeness (QED) is 0.683. The van der Waals surface area contributed by atoms with Crippen molar-refractivity contribution in [2.24, 2.45) is 5.92 Å². The Morgan fingerprint density at radius 2 is 1.68 bits per heavy atom. The molecule has 0 amide bonds. The van der Waals surface area contributed by atoms with Crippen molar-refractivity contribution in [2.75, 3.05) is 0 Å². The summed E-state index contributed by atoms with van der Waals surface area (Å²) in [4.78, 5) is 4.39. The van der Waals surface area contributed by atoms with Crippen molar-refractivity contribution in [3.05, 3.63) is 95.4 Å². The number of hydrogen-bond acceptors (Lipinski definition) is 2. The standard InChI is InChI=1S/C22H23N3/c1-17(2)15-25-16-24-14-21(22(25)23)20(19-11-7-4-8-12-19)13-18-9-5-3-6-10-18/h3-14,16-17,23H,15H2,1-2H3/b20-13+,23-22?. The second kappa shape index (κ2) is 7.75. The van der Waals surface area contributed by atoms with Crippen LogP contribution in [0.25, 0.3) is 11.6 Å². The Labute approximate surface area is 148 Å². The summed E-state index contributed by atoms with van der Waals surface area (Å²) in [6, 6.07) is 20.4. The van der Waals surface area contributed by atoms with E-state index in [1.165, 1.54) is 0 Å². The number of hydrogen-bond donors (Lipinski definition) is 1. The van der Waals surface area contributed by atoms with Crippen molar-refractivity contribution in [1.82, 2.24) is 9.55 Å². The molecule has 1 heterocycles. The molecule has 0 unspecified atom stereocenters. The number of nitrogens with one attached hydrogen (secondary N) is 1. The summed E-state index contributed by atoms with van der Waals surface area (Å²) >= 11 is 0. The van der Waals surface area contributed by atoms with Crippen molar-refractivity contribution in [3.8, 4) is 0 Å². The van der Waals surface area contributed by atoms with Gasteiger partial charge >= 0.3 is 0 Å². The Kier molecular flexibility index (Phi) is 5.24. The highest BCUT2D eigenvalue weighted by Gasteiger charge is 2.10. The van der Waals surface area contributed by atoms with Gasteiger partial charge in [-0.2, -0.15) is 0 Å². The van der Waals surface area contributed by atoms with Crippen LogP contribution in [0.5, 0.6) is 0 Å². The molecule has 1 N–H and O–H groups in total. The number of nitrogens with zero attached hydrogens (tertiary/aromatic N) is 2. The molecule has 1 aromatic heterocycles. The second-order valence-corrected chi connectivity index (χ2v) is 6.54. The third kappa shape index (κ3) is 4.13. The highest BCUT2D eigenvalue weighted by molar-refractivity contribution is 5.90. The highest BCUT2D eigenvalue weighted by Crippen LogP contribution is 2.23. The summed E-state index contributed by atoms with van der Waals surface area (Å²) in [6.45, 7) is 5.08. The maximum atomic E-state index is 8.67. The molecule has 3 rings (SSSR count). The number of benzene rings is 2. The molecule has 0 spiro atoms. The fourth-order valence-electron chi connectivity index (χ4n) is 2.84. The zero-order chi connectivity index (χ0) is 17.6. The second-order valence-electron chi connectivity index (χ2n) is 6.54. The van der Waals surface area contributed by atoms with Gasteiger partial charge in [-0.15, -0.1) is 0 Å². The van der Waals surface area contributed by atoms with E-state index in [1.807, 2.05) is 41.0 Å². The van der Waals surface area contributed by atoms with E-state index >= 15 is 0 Å². The normalized spacial score (nSPS) is 11.7. The maximum Gasteiger partial charge on any atom is 0.135 e. The molecule has 3 heteroatoms. The summed E-state index contributed by atoms with van der Waals surface area (Å²) in [5.41, 5.74) is 4.55. The smallest absolute Gasteiger partial charge is 0.135 e. The molecular formula is C22H23N3. The minimum Gasteiger partial charge on any atom is -0.317 e. The van der Waals surface area contributed by atoms with Gasteiger partial charge in [0, 0.05) is 18.3 Å². The monoisotopic (exact) mass is 329 g/mol. The summed E-state index contributed by atoms with van der Waals surface area (Å²) in [6.07, 6.45) is 5.67. The predicted molar refractivity (Wildman–Crippen MR) is 103 cm³/mol. The van der Waals surface area contributed by atoms with Gasteiger partial charge < -0.3 is 4.57 Å². The lowest BCUT2D eigenvalue weighted by Gasteiger charge is -2.14. The molecule has 0 saturated heterocycles. The molecule has 0 saturated carbocycles. The lowest BCUT2D eigenvalue weighted by molar-refractivity contribution is 0.497. The largest absolute Gasteiger partial charge is 0.317 e. The van der Waals surface area contributed by atoms with E-state index in [9.17, 15) is 0 Å². The topological polar surface area (TPSA) is 41.7 Å². The first kappa shape index (κ1) is 16.9. The number of aromatic nitrogens is 2. The SMILES string of the molecule is CC(C)Cn1cncc(/C(=C/c2ccccc2)c2ccccc2)c1=N. The third-order valence-electron chi connectivity index (χ3n) is 4.00. The molecule has 0 bridgehead atoms. The minimum atomic E-state index is 0.462. The van der Waals surface area contributed by atoms with E-state index in [0.29, 0.717) is 11.4 Å². The Morgan fingerprint density at radius 1 is 1.04 bits per heavy atom. The van der Waals surface area contributed by atoms with Gasteiger partial charge in [0.2, 0.25) is 0 Å². The van der Waals surface area contributed by atoms with E-state index < -0.39 is 0 Å². The Balaban J connectivity index is 2.17. The fraction of sp³-hybridized carbons (Fsp3) is 0.182. The van der Waals surface area contributed by atoms with Crippen LogP contribution in [-0.2, 0) is 6.54 Å². The lowest BCUT2D eigenvalue weighted by Crippen LogP contribution is -2.25. The van der Waals surface area contributed by atoms with Gasteiger partial charge in [-0.25, -0.2) is 4.98 Å². The first-order valence-electron chi connectivity index (χ1n) is 8.56. The third-order valence-corrected chi connectivity index (χ3v) is 4.00. The van der Waals surface area contributed by atoms with Gasteiger partial charge in [0.25, 0.3) is 0 Å². The molecule has 0 fully saturated rings. The van der Waals surface area contributed by atoms with Crippen LogP contribution in [0.3, 0.4) is 0 Å². The highest BCUT2D eigenvalue weighted by atomic mass is 15.0. The lowest BCUT2D eigenvalue weighted by atomic mass is 9.97. The zero-order valence-corrected chi connectivity index (χ0v) is 14.7. The molecule has 0 atom stereocenters. The van der Waals surface area contributed by atoms with E-state index in [1.54, 1.807) is 12.5 Å². The average molecular weight is 329 g/mol. The van der Waals surface area contributed by atoms with Gasteiger partial charge in [-0.3, -0.25) is 5.41 Å². The summed E-state index contributed by atoms with van der Waals surface area (Å²) in [5, 5.41) is 8.67. The fourth-order valence-corrected chi connectivity index (χ4v) is 2.84. The maximum absolute atomic E-state index is 8.67. The molecule has 3 aromatic rings. The molecule has 3 nitrogen and oxygen atoms in total. The number of rotatable bonds is 5. The Morgan fingerprint density at radius 3 is 2.32 bits per heavy atom. The van der Waals surface area contributed by atoms with Crippen LogP contribution in [0.4, 0.5) is 0 Å². The van der Waals surface area contributed by atoms with Crippen molar-refractivity contribution in [3.63, 3.8) is 0 Å². The van der Waals surface area contributed by atoms with Crippen molar-refractivity contribution < 1.29 is 0 Å². The molecular weight excluding hydrogens is 306 g/mol. The van der Waals surface area contributed by atoms with E-state index in [0.717, 1.165) is 28.8 Å². The van der Waals surface area contributed by atoms with Crippen molar-refractivity contribution in [1.29, 1.82) is 5.41 Å². The van der Waals surface area contributed by atoms with Crippen LogP contribution < -0.4 is 5.49 Å². The van der Waals surface area contributed by atoms with Gasteiger partial charge in [-0.05, 0) is 28.7 Å². The predicted octanol–water partition coefficient (Wildman–Crippen LogP) is 4.61. The van der Waals surface area contributed by atoms with Gasteiger partial charge in [0.1, 0.15) is 5.49 Å². The van der Waals surface area contributed by atoms with Crippen LogP contribution in [-0.4, -0.2) is 9.55 Å². The first-order valence-corrected chi connectivity index (χ1v) is 8.56. The zero-order valence-electron chi connectivity index (χ0n) is 14.7. The van der Waals surface area contributed by atoms with E-state index in [4.69, 9.17) is 5.41 Å². The molecule has 0 aliphatic heterocycles. The van der Waals surface area contributed by atoms with Gasteiger partial charge in [-0.1, -0.05) is 74.5 Å². The molecule has 25 heavy (non-hydrogen) atoms. The molecule has 2 aromatic carbocycles. The Hall–Kier alpha value is -2.94. The van der Waals surface area contributed by atoms with Crippen LogP contribution in [0.15, 0.2) is 73.2 Å². The summed E-state index contributed by atoms with van der Waals surface area (Å²) in [7, 11) is 0. The first-order chi connectivity index (χ1) is 12.1. The van der Waals surface area contributed by atoms with Crippen LogP contribution >= 0.6 is 0 Å². The molecule has 0 aliphatic carbocycles. The van der Waals surface area contributed by atoms with E-state index in [2.05, 4.69) is 49.2 Å². The molecule has 126 valence electrons. The summed E-state index contributed by atoms with van der Waals surface area (Å²) < 4.78 is 1.92. The van der Waals surface area contributed by atoms with E-state index in [-0.39, 0.29) is 0 Å². The van der Waals surface area contributed by atoms with Gasteiger partial charge in [0.05, 0.1) is 6.33 Å². The Bertz CT molecular complexity index is 907. The van der Waals surface area contributed by atoms with Crippen LogP contribution in [0.2, 0.25) is 0 Å². The summed E-state index contributed by atoms with van der Waals surface area (Å²) in [5.74, 6) is 0.462. The van der Waals surface area contributed by atoms with Crippen molar-refractivity contribution in [2.45, 2.75) is 20.4 Å². The molecule has 0 radical (unpaired) electrons.